The quantitative estimate of drug-likeness (QED) is 0.665. The molecule has 1 aromatic heterocycles. The molecule has 2 aromatic rings. The maximum Gasteiger partial charge on any atom is 0.0992 e. The summed E-state index contributed by atoms with van der Waals surface area (Å²) in [5.74, 6) is 1.29. The van der Waals surface area contributed by atoms with Crippen LogP contribution in [-0.2, 0) is 11.2 Å². The van der Waals surface area contributed by atoms with Crippen molar-refractivity contribution in [3.05, 3.63) is 70.6 Å². The molecular weight excluding hydrogens is 344 g/mol. The summed E-state index contributed by atoms with van der Waals surface area (Å²) in [5.41, 5.74) is 3.85. The summed E-state index contributed by atoms with van der Waals surface area (Å²) in [4.78, 5) is 3.62. The summed E-state index contributed by atoms with van der Waals surface area (Å²) in [6.07, 6.45) is 12.7. The number of methoxy groups -OCH3 is 1. The molecule has 2 N–H and O–H groups in total. The number of rotatable bonds is 2. The summed E-state index contributed by atoms with van der Waals surface area (Å²) in [5, 5.41) is 5.72. The van der Waals surface area contributed by atoms with Crippen molar-refractivity contribution in [3.63, 3.8) is 0 Å². The second kappa shape index (κ2) is 8.61. The molecule has 0 saturated heterocycles. The van der Waals surface area contributed by atoms with Crippen LogP contribution in [0.25, 0.3) is 10.9 Å². The number of halogens is 1. The number of nitrogens with one attached hydrogen (secondary N) is 2. The topological polar surface area (TPSA) is 37.0 Å². The monoisotopic (exact) mass is 370 g/mol. The zero-order chi connectivity index (χ0) is 18.5. The molecule has 138 valence electrons. The third-order valence-corrected chi connectivity index (χ3v) is 5.13. The Kier molecular flexibility index (Phi) is 6.23. The molecule has 1 aliphatic carbocycles. The van der Waals surface area contributed by atoms with Gasteiger partial charge in [0.25, 0.3) is 0 Å². The van der Waals surface area contributed by atoms with E-state index in [1.54, 1.807) is 7.11 Å². The van der Waals surface area contributed by atoms with Crippen molar-refractivity contribution in [2.24, 2.45) is 5.92 Å². The molecule has 26 heavy (non-hydrogen) atoms. The Morgan fingerprint density at radius 1 is 1.19 bits per heavy atom. The molecule has 2 aliphatic rings. The second-order valence-corrected chi connectivity index (χ2v) is 6.76. The molecule has 0 bridgehead atoms. The van der Waals surface area contributed by atoms with Crippen molar-refractivity contribution >= 4 is 22.5 Å². The number of benzene rings is 1. The average Bonchev–Trinajstić information content (AvgIpc) is 3.02. The zero-order valence-corrected chi connectivity index (χ0v) is 16.4. The van der Waals surface area contributed by atoms with Crippen LogP contribution >= 0.6 is 11.6 Å². The van der Waals surface area contributed by atoms with Crippen LogP contribution in [0.2, 0.25) is 5.02 Å². The van der Waals surface area contributed by atoms with E-state index in [-0.39, 0.29) is 6.04 Å². The van der Waals surface area contributed by atoms with Gasteiger partial charge in [-0.3, -0.25) is 0 Å². The van der Waals surface area contributed by atoms with E-state index in [1.165, 1.54) is 22.2 Å². The molecule has 0 radical (unpaired) electrons. The van der Waals surface area contributed by atoms with Crippen LogP contribution < -0.4 is 5.32 Å². The summed E-state index contributed by atoms with van der Waals surface area (Å²) in [6.45, 7) is 4.98. The van der Waals surface area contributed by atoms with Crippen LogP contribution in [-0.4, -0.2) is 18.6 Å². The number of hydrogen-bond acceptors (Lipinski definition) is 2. The first-order valence-electron chi connectivity index (χ1n) is 9.37. The minimum Gasteiger partial charge on any atom is -0.501 e. The first-order chi connectivity index (χ1) is 12.8. The minimum absolute atomic E-state index is 0.255. The predicted molar refractivity (Wildman–Crippen MR) is 111 cm³/mol. The van der Waals surface area contributed by atoms with Crippen molar-refractivity contribution in [2.45, 2.75) is 32.7 Å². The molecule has 4 rings (SSSR count). The third-order valence-electron chi connectivity index (χ3n) is 4.89. The highest BCUT2D eigenvalue weighted by molar-refractivity contribution is 6.31. The Bertz CT molecular complexity index is 847. The lowest BCUT2D eigenvalue weighted by molar-refractivity contribution is 0.284. The van der Waals surface area contributed by atoms with Crippen molar-refractivity contribution in [2.75, 3.05) is 13.7 Å². The fourth-order valence-corrected chi connectivity index (χ4v) is 3.87. The summed E-state index contributed by atoms with van der Waals surface area (Å²) in [7, 11) is 1.72. The molecule has 4 heteroatoms. The average molecular weight is 371 g/mol. The van der Waals surface area contributed by atoms with E-state index < -0.39 is 0 Å². The largest absolute Gasteiger partial charge is 0.501 e. The Balaban J connectivity index is 0.000000948. The van der Waals surface area contributed by atoms with E-state index in [0.29, 0.717) is 5.92 Å². The maximum absolute atomic E-state index is 6.20. The molecule has 2 unspecified atom stereocenters. The van der Waals surface area contributed by atoms with Gasteiger partial charge in [0, 0.05) is 34.0 Å². The molecule has 1 aromatic carbocycles. The zero-order valence-electron chi connectivity index (χ0n) is 15.7. The predicted octanol–water partition coefficient (Wildman–Crippen LogP) is 5.70. The van der Waals surface area contributed by atoms with Crippen molar-refractivity contribution in [1.82, 2.24) is 10.3 Å². The van der Waals surface area contributed by atoms with Gasteiger partial charge in [0.05, 0.1) is 18.9 Å². The van der Waals surface area contributed by atoms with Gasteiger partial charge in [-0.05, 0) is 42.8 Å². The van der Waals surface area contributed by atoms with Crippen LogP contribution in [0.3, 0.4) is 0 Å². The number of allylic oxidation sites excluding steroid dienone is 3. The normalized spacial score (nSPS) is 25.2. The summed E-state index contributed by atoms with van der Waals surface area (Å²) in [6, 6.07) is 6.35. The fraction of sp³-hybridized carbons (Fsp3) is 0.364. The second-order valence-electron chi connectivity index (χ2n) is 6.32. The highest BCUT2D eigenvalue weighted by Gasteiger charge is 2.28. The van der Waals surface area contributed by atoms with Gasteiger partial charge in [0.1, 0.15) is 0 Å². The Morgan fingerprint density at radius 3 is 2.85 bits per heavy atom. The molecule has 3 nitrogen and oxygen atoms in total. The lowest BCUT2D eigenvalue weighted by Crippen LogP contribution is -2.33. The Morgan fingerprint density at radius 2 is 2.04 bits per heavy atom. The molecule has 1 aliphatic heterocycles. The first kappa shape index (κ1) is 18.8. The van der Waals surface area contributed by atoms with Gasteiger partial charge in [-0.1, -0.05) is 49.8 Å². The SMILES string of the molecule is CC.CO/C1=C/C=CC(C2NCCc3c2[nH]c2ccc(Cl)cc32)/C=C\C1. The molecule has 0 amide bonds. The van der Waals surface area contributed by atoms with Gasteiger partial charge in [-0.15, -0.1) is 0 Å². The summed E-state index contributed by atoms with van der Waals surface area (Å²) >= 11 is 6.20. The highest BCUT2D eigenvalue weighted by atomic mass is 35.5. The van der Waals surface area contributed by atoms with E-state index in [2.05, 4.69) is 46.7 Å². The first-order valence-corrected chi connectivity index (χ1v) is 9.75. The molecule has 2 atom stereocenters. The molecule has 2 heterocycles. The molecular formula is C22H27ClN2O. The van der Waals surface area contributed by atoms with Crippen LogP contribution in [0.4, 0.5) is 0 Å². The number of aromatic amines is 1. The summed E-state index contributed by atoms with van der Waals surface area (Å²) < 4.78 is 5.34. The van der Waals surface area contributed by atoms with Crippen molar-refractivity contribution in [3.8, 4) is 0 Å². The van der Waals surface area contributed by atoms with Crippen LogP contribution in [0.15, 0.2) is 54.3 Å². The van der Waals surface area contributed by atoms with E-state index in [9.17, 15) is 0 Å². The standard InChI is InChI=1S/C20H21ClN2O.C2H6/c1-24-15-6-2-4-13(5-3-7-15)19-20-16(10-11-22-19)17-12-14(21)8-9-18(17)23-20;1-2/h2-6,8-9,12-13,19,22-23H,7,10-11H2,1H3;1-2H3/b4-2?,5-3-,15-6+;. The molecule has 0 spiro atoms. The van der Waals surface area contributed by atoms with Crippen LogP contribution in [0.1, 0.15) is 37.6 Å². The smallest absolute Gasteiger partial charge is 0.0992 e. The van der Waals surface area contributed by atoms with E-state index in [4.69, 9.17) is 16.3 Å². The number of ether oxygens (including phenoxy) is 1. The lowest BCUT2D eigenvalue weighted by Gasteiger charge is -2.29. The fourth-order valence-electron chi connectivity index (χ4n) is 3.70. The van der Waals surface area contributed by atoms with E-state index >= 15 is 0 Å². The van der Waals surface area contributed by atoms with Gasteiger partial charge in [-0.2, -0.15) is 0 Å². The van der Waals surface area contributed by atoms with Crippen molar-refractivity contribution < 1.29 is 4.74 Å². The minimum atomic E-state index is 0.255. The van der Waals surface area contributed by atoms with E-state index in [0.717, 1.165) is 30.2 Å². The molecule has 0 fully saturated rings. The Hall–Kier alpha value is -1.97. The number of fused-ring (bicyclic) bond motifs is 3. The number of hydrogen-bond donors (Lipinski definition) is 2. The third kappa shape index (κ3) is 3.74. The lowest BCUT2D eigenvalue weighted by atomic mass is 9.89. The van der Waals surface area contributed by atoms with Gasteiger partial charge >= 0.3 is 0 Å². The number of H-pyrrole nitrogens is 1. The number of aromatic nitrogens is 1. The Labute approximate surface area is 160 Å². The highest BCUT2D eigenvalue weighted by Crippen LogP contribution is 2.36. The molecule has 0 saturated carbocycles. The van der Waals surface area contributed by atoms with Crippen molar-refractivity contribution in [1.29, 1.82) is 0 Å². The maximum atomic E-state index is 6.20. The van der Waals surface area contributed by atoms with Gasteiger partial charge in [0.15, 0.2) is 0 Å². The van der Waals surface area contributed by atoms with Crippen LogP contribution in [0.5, 0.6) is 0 Å². The van der Waals surface area contributed by atoms with Gasteiger partial charge in [-0.25, -0.2) is 0 Å². The van der Waals surface area contributed by atoms with Gasteiger partial charge < -0.3 is 15.0 Å². The van der Waals surface area contributed by atoms with Crippen LogP contribution in [0, 0.1) is 5.92 Å². The van der Waals surface area contributed by atoms with E-state index in [1.807, 2.05) is 26.0 Å². The van der Waals surface area contributed by atoms with Gasteiger partial charge in [0.2, 0.25) is 0 Å².